The molecule has 0 amide bonds. The maximum Gasteiger partial charge on any atom is 0.307 e. The van der Waals surface area contributed by atoms with Gasteiger partial charge in [-0.15, -0.1) is 0 Å². The molecule has 11 nitrogen and oxygen atoms in total. The third-order valence-corrected chi connectivity index (χ3v) is 7.16. The number of nitrogens with one attached hydrogen (secondary N) is 1. The lowest BCUT2D eigenvalue weighted by atomic mass is 9.58. The first-order valence-corrected chi connectivity index (χ1v) is 11.8. The highest BCUT2D eigenvalue weighted by Gasteiger charge is 2.49. The molecule has 1 aromatic rings. The average Bonchev–Trinajstić information content (AvgIpc) is 2.83. The van der Waals surface area contributed by atoms with Crippen LogP contribution in [0.3, 0.4) is 0 Å². The van der Waals surface area contributed by atoms with E-state index in [2.05, 4.69) is 5.32 Å². The molecule has 36 heavy (non-hydrogen) atoms. The van der Waals surface area contributed by atoms with Crippen molar-refractivity contribution in [1.29, 1.82) is 0 Å². The molecule has 5 N–H and O–H groups in total. The van der Waals surface area contributed by atoms with E-state index in [9.17, 15) is 39.6 Å². The third-order valence-electron chi connectivity index (χ3n) is 7.16. The van der Waals surface area contributed by atoms with Crippen LogP contribution in [0.4, 0.5) is 0 Å². The summed E-state index contributed by atoms with van der Waals surface area (Å²) >= 11 is 0. The van der Waals surface area contributed by atoms with Crippen LogP contribution in [0.5, 0.6) is 11.5 Å². The summed E-state index contributed by atoms with van der Waals surface area (Å²) in [6.45, 7) is 0.771. The van der Waals surface area contributed by atoms with Gasteiger partial charge in [0.2, 0.25) is 0 Å². The number of carbonyl (C=O) groups is 4. The molecule has 0 aromatic heterocycles. The van der Waals surface area contributed by atoms with Crippen molar-refractivity contribution in [3.05, 3.63) is 23.8 Å². The number of aliphatic carboxylic acids is 4. The van der Waals surface area contributed by atoms with Gasteiger partial charge in [-0.3, -0.25) is 19.2 Å². The molecule has 1 aliphatic rings. The molecule has 0 saturated heterocycles. The van der Waals surface area contributed by atoms with Gasteiger partial charge in [-0.25, -0.2) is 0 Å². The van der Waals surface area contributed by atoms with Crippen LogP contribution in [0.1, 0.15) is 50.5 Å². The Balaban J connectivity index is 2.25. The van der Waals surface area contributed by atoms with Gasteiger partial charge in [-0.1, -0.05) is 6.42 Å². The van der Waals surface area contributed by atoms with Gasteiger partial charge in [-0.05, 0) is 61.3 Å². The zero-order valence-corrected chi connectivity index (χ0v) is 20.6. The van der Waals surface area contributed by atoms with Gasteiger partial charge in [0, 0.05) is 12.6 Å². The Kier molecular flexibility index (Phi) is 10.5. The van der Waals surface area contributed by atoms with Crippen molar-refractivity contribution in [1.82, 2.24) is 5.32 Å². The molecule has 200 valence electrons. The van der Waals surface area contributed by atoms with Crippen LogP contribution in [0.15, 0.2) is 18.2 Å². The second-order valence-corrected chi connectivity index (χ2v) is 9.40. The molecule has 2 rings (SSSR count). The topological polar surface area (TPSA) is 180 Å². The molecule has 4 atom stereocenters. The summed E-state index contributed by atoms with van der Waals surface area (Å²) in [5.74, 6) is -6.71. The summed E-state index contributed by atoms with van der Waals surface area (Å²) < 4.78 is 10.5. The number of hydrogen-bond acceptors (Lipinski definition) is 7. The molecule has 1 saturated carbocycles. The Hall–Kier alpha value is -3.34. The van der Waals surface area contributed by atoms with Crippen LogP contribution < -0.4 is 14.8 Å². The Morgan fingerprint density at radius 1 is 0.972 bits per heavy atom. The van der Waals surface area contributed by atoms with E-state index in [-0.39, 0.29) is 6.42 Å². The fourth-order valence-electron chi connectivity index (χ4n) is 5.43. The number of hydrogen-bond donors (Lipinski definition) is 5. The number of carboxylic acids is 4. The first kappa shape index (κ1) is 28.9. The standard InChI is InChI=1S/C25H35NO10/c1-35-17-8-15(9-18(10-17)36-2)14-26-7-6-25(20(24(33)34)12-22(29)30)5-3-4-16(13-25)19(23(31)32)11-21(27)28/h8-10,16,19-20,26H,3-7,11-14H2,1-2H3,(H,27,28)(H,29,30)(H,31,32)(H,33,34). The van der Waals surface area contributed by atoms with E-state index in [0.717, 1.165) is 5.56 Å². The van der Waals surface area contributed by atoms with Crippen molar-refractivity contribution in [2.24, 2.45) is 23.2 Å². The van der Waals surface area contributed by atoms with Crippen molar-refractivity contribution in [3.63, 3.8) is 0 Å². The maximum atomic E-state index is 12.2. The van der Waals surface area contributed by atoms with Crippen LogP contribution >= 0.6 is 0 Å². The quantitative estimate of drug-likeness (QED) is 0.219. The molecular formula is C25H35NO10. The molecule has 4 unspecified atom stereocenters. The Morgan fingerprint density at radius 2 is 1.58 bits per heavy atom. The minimum absolute atomic E-state index is 0.135. The number of ether oxygens (including phenoxy) is 2. The van der Waals surface area contributed by atoms with Crippen molar-refractivity contribution in [3.8, 4) is 11.5 Å². The summed E-state index contributed by atoms with van der Waals surface area (Å²) in [4.78, 5) is 46.9. The Bertz CT molecular complexity index is 927. The van der Waals surface area contributed by atoms with Crippen molar-refractivity contribution in [2.75, 3.05) is 20.8 Å². The molecule has 11 heteroatoms. The van der Waals surface area contributed by atoms with E-state index in [4.69, 9.17) is 9.47 Å². The van der Waals surface area contributed by atoms with Crippen molar-refractivity contribution >= 4 is 23.9 Å². The van der Waals surface area contributed by atoms with Gasteiger partial charge >= 0.3 is 23.9 Å². The zero-order valence-electron chi connectivity index (χ0n) is 20.6. The largest absolute Gasteiger partial charge is 0.497 e. The number of methoxy groups -OCH3 is 2. The van der Waals surface area contributed by atoms with Gasteiger partial charge in [0.05, 0.1) is 38.9 Å². The highest BCUT2D eigenvalue weighted by molar-refractivity contribution is 5.79. The van der Waals surface area contributed by atoms with E-state index in [0.29, 0.717) is 50.3 Å². The fourth-order valence-corrected chi connectivity index (χ4v) is 5.43. The van der Waals surface area contributed by atoms with Crippen molar-refractivity contribution < 1.29 is 49.1 Å². The molecule has 0 bridgehead atoms. The van der Waals surface area contributed by atoms with Crippen molar-refractivity contribution in [2.45, 2.75) is 51.5 Å². The number of benzene rings is 1. The number of rotatable bonds is 15. The molecule has 0 heterocycles. The van der Waals surface area contributed by atoms with Crippen LogP contribution in [0.2, 0.25) is 0 Å². The molecule has 1 fully saturated rings. The summed E-state index contributed by atoms with van der Waals surface area (Å²) in [6, 6.07) is 5.39. The summed E-state index contributed by atoms with van der Waals surface area (Å²) in [7, 11) is 3.08. The first-order valence-electron chi connectivity index (χ1n) is 11.8. The lowest BCUT2D eigenvalue weighted by molar-refractivity contribution is -0.158. The minimum atomic E-state index is -1.25. The molecule has 1 aliphatic carbocycles. The van der Waals surface area contributed by atoms with E-state index in [1.807, 2.05) is 12.1 Å². The van der Waals surface area contributed by atoms with Gasteiger partial charge in [0.1, 0.15) is 11.5 Å². The highest BCUT2D eigenvalue weighted by atomic mass is 16.5. The lowest BCUT2D eigenvalue weighted by Gasteiger charge is -2.46. The maximum absolute atomic E-state index is 12.2. The van der Waals surface area contributed by atoms with Gasteiger partial charge in [0.15, 0.2) is 0 Å². The summed E-state index contributed by atoms with van der Waals surface area (Å²) in [5, 5.41) is 41.5. The normalized spacial score (nSPS) is 21.2. The highest BCUT2D eigenvalue weighted by Crippen LogP contribution is 2.51. The van der Waals surface area contributed by atoms with Gasteiger partial charge in [-0.2, -0.15) is 0 Å². The predicted octanol–water partition coefficient (Wildman–Crippen LogP) is 2.71. The summed E-state index contributed by atoms with van der Waals surface area (Å²) in [6.07, 6.45) is 0.633. The van der Waals surface area contributed by atoms with E-state index in [1.165, 1.54) is 0 Å². The van der Waals surface area contributed by atoms with Crippen LogP contribution in [0.25, 0.3) is 0 Å². The molecule has 0 radical (unpaired) electrons. The Morgan fingerprint density at radius 3 is 2.08 bits per heavy atom. The number of carboxylic acid groups (broad SMARTS) is 4. The SMILES string of the molecule is COc1cc(CNCCC2(C(CC(=O)O)C(=O)O)CCCC(C(CC(=O)O)C(=O)O)C2)cc(OC)c1. The monoisotopic (exact) mass is 509 g/mol. The molecule has 0 aliphatic heterocycles. The second-order valence-electron chi connectivity index (χ2n) is 9.40. The van der Waals surface area contributed by atoms with E-state index < -0.39 is 59.9 Å². The van der Waals surface area contributed by atoms with Crippen LogP contribution in [-0.2, 0) is 25.7 Å². The first-order chi connectivity index (χ1) is 17.0. The van der Waals surface area contributed by atoms with E-state index in [1.54, 1.807) is 20.3 Å². The summed E-state index contributed by atoms with van der Waals surface area (Å²) in [5.41, 5.74) is -0.118. The zero-order chi connectivity index (χ0) is 26.9. The average molecular weight is 510 g/mol. The lowest BCUT2D eigenvalue weighted by Crippen LogP contribution is -2.45. The molecule has 0 spiro atoms. The molecular weight excluding hydrogens is 474 g/mol. The minimum Gasteiger partial charge on any atom is -0.497 e. The van der Waals surface area contributed by atoms with Crippen LogP contribution in [0, 0.1) is 23.2 Å². The van der Waals surface area contributed by atoms with E-state index >= 15 is 0 Å². The van der Waals surface area contributed by atoms with Crippen LogP contribution in [-0.4, -0.2) is 65.1 Å². The smallest absolute Gasteiger partial charge is 0.307 e. The fraction of sp³-hybridized carbons (Fsp3) is 0.600. The van der Waals surface area contributed by atoms with Gasteiger partial charge in [0.25, 0.3) is 0 Å². The second kappa shape index (κ2) is 13.1. The third kappa shape index (κ3) is 7.84. The molecule has 1 aromatic carbocycles. The Labute approximate surface area is 209 Å². The predicted molar refractivity (Wildman–Crippen MR) is 127 cm³/mol. The van der Waals surface area contributed by atoms with Gasteiger partial charge < -0.3 is 35.2 Å².